The van der Waals surface area contributed by atoms with Gasteiger partial charge in [0.2, 0.25) is 5.91 Å². The van der Waals surface area contributed by atoms with Crippen LogP contribution in [-0.2, 0) is 14.3 Å². The van der Waals surface area contributed by atoms with E-state index in [2.05, 4.69) is 0 Å². The largest absolute Gasteiger partial charge is 0.480 e. The Bertz CT molecular complexity index is 357. The molecule has 0 saturated carbocycles. The van der Waals surface area contributed by atoms with Crippen molar-refractivity contribution in [3.8, 4) is 0 Å². The van der Waals surface area contributed by atoms with Crippen molar-refractivity contribution in [3.05, 3.63) is 0 Å². The van der Waals surface area contributed by atoms with E-state index in [-0.39, 0.29) is 11.3 Å². The molecule has 7 heteroatoms. The molecule has 3 rings (SSSR count). The van der Waals surface area contributed by atoms with Gasteiger partial charge in [0.05, 0.1) is 18.0 Å². The van der Waals surface area contributed by atoms with Gasteiger partial charge in [0.25, 0.3) is 0 Å². The van der Waals surface area contributed by atoms with Crippen LogP contribution in [0.5, 0.6) is 0 Å². The van der Waals surface area contributed by atoms with E-state index in [1.54, 1.807) is 0 Å². The Hall–Kier alpha value is -0.790. The average molecular weight is 230 g/mol. The highest BCUT2D eigenvalue weighted by atomic mass is 32.2. The zero-order chi connectivity index (χ0) is 10.8. The van der Waals surface area contributed by atoms with Gasteiger partial charge in [-0.15, -0.1) is 11.8 Å². The normalized spacial score (nSPS) is 41.0. The summed E-state index contributed by atoms with van der Waals surface area (Å²) in [5.74, 6) is -1.22. The van der Waals surface area contributed by atoms with Gasteiger partial charge < -0.3 is 20.5 Å². The molecule has 0 aromatic heterocycles. The zero-order valence-electron chi connectivity index (χ0n) is 7.75. The average Bonchev–Trinajstić information content (AvgIpc) is 2.48. The molecule has 3 heterocycles. The molecular weight excluding hydrogens is 220 g/mol. The molecule has 1 spiro atoms. The summed E-state index contributed by atoms with van der Waals surface area (Å²) in [6, 6.07) is -1.31. The lowest BCUT2D eigenvalue weighted by atomic mass is 9.92. The third-order valence-corrected chi connectivity index (χ3v) is 4.87. The van der Waals surface area contributed by atoms with E-state index >= 15 is 0 Å². The van der Waals surface area contributed by atoms with Crippen molar-refractivity contribution in [3.63, 3.8) is 0 Å². The van der Waals surface area contributed by atoms with Crippen molar-refractivity contribution < 1.29 is 19.4 Å². The lowest BCUT2D eigenvalue weighted by Gasteiger charge is -2.43. The molecule has 3 aliphatic rings. The molecule has 0 bridgehead atoms. The quantitative estimate of drug-likeness (QED) is 0.530. The summed E-state index contributed by atoms with van der Waals surface area (Å²) in [6.45, 7) is 0.781. The predicted molar refractivity (Wildman–Crippen MR) is 51.2 cm³/mol. The highest BCUT2D eigenvalue weighted by Gasteiger charge is 2.68. The number of hydrogen-bond acceptors (Lipinski definition) is 5. The molecule has 0 aromatic rings. The fourth-order valence-electron chi connectivity index (χ4n) is 2.35. The van der Waals surface area contributed by atoms with Gasteiger partial charge in [-0.3, -0.25) is 4.79 Å². The number of thioether (sulfide) groups is 1. The van der Waals surface area contributed by atoms with Gasteiger partial charge >= 0.3 is 5.97 Å². The van der Waals surface area contributed by atoms with Crippen LogP contribution in [0.3, 0.4) is 0 Å². The summed E-state index contributed by atoms with van der Waals surface area (Å²) >= 11 is 1.47. The van der Waals surface area contributed by atoms with Gasteiger partial charge in [0.1, 0.15) is 17.5 Å². The topological polar surface area (TPSA) is 92.9 Å². The van der Waals surface area contributed by atoms with E-state index < -0.39 is 22.8 Å². The van der Waals surface area contributed by atoms with E-state index in [1.807, 2.05) is 0 Å². The number of carbonyl (C=O) groups excluding carboxylic acids is 1. The Labute approximate surface area is 89.7 Å². The van der Waals surface area contributed by atoms with Gasteiger partial charge in [0.15, 0.2) is 0 Å². The van der Waals surface area contributed by atoms with Crippen LogP contribution in [0.4, 0.5) is 0 Å². The van der Waals surface area contributed by atoms with Crippen molar-refractivity contribution in [2.24, 2.45) is 5.73 Å². The second-order valence-electron chi connectivity index (χ2n) is 4.08. The summed E-state index contributed by atoms with van der Waals surface area (Å²) in [7, 11) is 0. The molecule has 0 aliphatic carbocycles. The number of aliphatic carboxylic acids is 1. The number of β-lactam (4-membered cyclic amide) rings is 1. The van der Waals surface area contributed by atoms with Crippen LogP contribution in [0, 0.1) is 0 Å². The third-order valence-electron chi connectivity index (χ3n) is 3.18. The first-order valence-electron chi connectivity index (χ1n) is 4.63. The minimum absolute atomic E-state index is 0.178. The number of carbonyl (C=O) groups is 2. The molecule has 82 valence electrons. The van der Waals surface area contributed by atoms with Crippen molar-refractivity contribution in [2.45, 2.75) is 22.2 Å². The zero-order valence-corrected chi connectivity index (χ0v) is 8.57. The Morgan fingerprint density at radius 2 is 2.33 bits per heavy atom. The smallest absolute Gasteiger partial charge is 0.328 e. The first-order chi connectivity index (χ1) is 7.07. The lowest BCUT2D eigenvalue weighted by molar-refractivity contribution is -0.164. The van der Waals surface area contributed by atoms with Gasteiger partial charge in [-0.25, -0.2) is 4.79 Å². The molecule has 1 amide bonds. The van der Waals surface area contributed by atoms with Crippen molar-refractivity contribution in [2.75, 3.05) is 13.2 Å². The molecule has 2 unspecified atom stereocenters. The molecule has 15 heavy (non-hydrogen) atoms. The van der Waals surface area contributed by atoms with Gasteiger partial charge in [-0.2, -0.15) is 0 Å². The second kappa shape index (κ2) is 2.66. The number of nitrogens with two attached hydrogens (primary N) is 1. The second-order valence-corrected chi connectivity index (χ2v) is 5.61. The summed E-state index contributed by atoms with van der Waals surface area (Å²) in [6.07, 6.45) is 0. The molecule has 3 aliphatic heterocycles. The number of rotatable bonds is 1. The van der Waals surface area contributed by atoms with E-state index in [4.69, 9.17) is 15.6 Å². The van der Waals surface area contributed by atoms with Gasteiger partial charge in [0, 0.05) is 0 Å². The lowest BCUT2D eigenvalue weighted by Crippen LogP contribution is -2.70. The minimum Gasteiger partial charge on any atom is -0.480 e. The maximum Gasteiger partial charge on any atom is 0.328 e. The molecule has 0 aromatic carbocycles. The highest BCUT2D eigenvalue weighted by Crippen LogP contribution is 2.53. The number of nitrogens with zero attached hydrogens (tertiary/aromatic N) is 1. The van der Waals surface area contributed by atoms with E-state index in [0.29, 0.717) is 13.2 Å². The Balaban J connectivity index is 1.95. The maximum absolute atomic E-state index is 11.5. The van der Waals surface area contributed by atoms with Crippen LogP contribution in [0.2, 0.25) is 0 Å². The fourth-order valence-corrected chi connectivity index (χ4v) is 4.08. The van der Waals surface area contributed by atoms with Crippen LogP contribution >= 0.6 is 11.8 Å². The molecule has 3 saturated heterocycles. The summed E-state index contributed by atoms with van der Waals surface area (Å²) < 4.78 is 4.61. The molecule has 0 radical (unpaired) electrons. The van der Waals surface area contributed by atoms with Crippen LogP contribution in [0.1, 0.15) is 0 Å². The summed E-state index contributed by atoms with van der Waals surface area (Å²) in [5, 5.41) is 8.96. The monoisotopic (exact) mass is 230 g/mol. The standard InChI is InChI=1S/C8H10N2O4S/c9-3-5(11)10-4(7(12)13)8(1-14-2-8)15-6(3)10/h3-4,6H,1-2,9H2,(H,12,13)/t3?,4?,6-/m0/s1. The minimum atomic E-state index is -0.964. The SMILES string of the molecule is NC1C(=O)N2C(C(=O)O)C3(COC3)S[C@@H]12. The van der Waals surface area contributed by atoms with E-state index in [0.717, 1.165) is 0 Å². The molecule has 3 atom stereocenters. The number of ether oxygens (including phenoxy) is 1. The van der Waals surface area contributed by atoms with Crippen molar-refractivity contribution in [1.29, 1.82) is 0 Å². The fraction of sp³-hybridized carbons (Fsp3) is 0.750. The third kappa shape index (κ3) is 0.932. The van der Waals surface area contributed by atoms with Gasteiger partial charge in [-0.05, 0) is 0 Å². The highest BCUT2D eigenvalue weighted by molar-refractivity contribution is 8.01. The molecule has 3 N–H and O–H groups in total. The molecular formula is C8H10N2O4S. The number of carboxylic acid groups (broad SMARTS) is 1. The van der Waals surface area contributed by atoms with Crippen LogP contribution in [0.25, 0.3) is 0 Å². The van der Waals surface area contributed by atoms with Crippen LogP contribution in [0.15, 0.2) is 0 Å². The maximum atomic E-state index is 11.5. The van der Waals surface area contributed by atoms with Crippen molar-refractivity contribution in [1.82, 2.24) is 4.90 Å². The Kier molecular flexibility index (Phi) is 1.67. The van der Waals surface area contributed by atoms with E-state index in [9.17, 15) is 9.59 Å². The van der Waals surface area contributed by atoms with Gasteiger partial charge in [-0.1, -0.05) is 0 Å². The molecule has 3 fully saturated rings. The van der Waals surface area contributed by atoms with Crippen LogP contribution < -0.4 is 5.73 Å². The van der Waals surface area contributed by atoms with Crippen LogP contribution in [-0.4, -0.2) is 57.3 Å². The Morgan fingerprint density at radius 1 is 1.67 bits per heavy atom. The molecule has 6 nitrogen and oxygen atoms in total. The number of amides is 1. The number of carboxylic acids is 1. The Morgan fingerprint density at radius 3 is 2.80 bits per heavy atom. The van der Waals surface area contributed by atoms with E-state index in [1.165, 1.54) is 16.7 Å². The first kappa shape index (κ1) is 9.44. The summed E-state index contributed by atoms with van der Waals surface area (Å²) in [5.41, 5.74) is 5.62. The van der Waals surface area contributed by atoms with Crippen molar-refractivity contribution >= 4 is 23.6 Å². The predicted octanol–water partition coefficient (Wildman–Crippen LogP) is -1.55. The summed E-state index contributed by atoms with van der Waals surface area (Å²) in [4.78, 5) is 24.0. The number of fused-ring (bicyclic) bond motifs is 1. The number of hydrogen-bond donors (Lipinski definition) is 2. The first-order valence-corrected chi connectivity index (χ1v) is 5.51.